The van der Waals surface area contributed by atoms with Crippen LogP contribution in [-0.4, -0.2) is 60.5 Å². The van der Waals surface area contributed by atoms with Gasteiger partial charge in [0.05, 0.1) is 5.54 Å². The smallest absolute Gasteiger partial charge is 0.239 e. The summed E-state index contributed by atoms with van der Waals surface area (Å²) in [5.74, 6) is -0.0259. The summed E-state index contributed by atoms with van der Waals surface area (Å²) in [7, 11) is 0. The van der Waals surface area contributed by atoms with Crippen LogP contribution in [0.5, 0.6) is 0 Å². The first kappa shape index (κ1) is 19.9. The van der Waals surface area contributed by atoms with Gasteiger partial charge >= 0.3 is 0 Å². The molecular weight excluding hydrogens is 312 g/mol. The third kappa shape index (κ3) is 6.77. The number of carbonyl (C=O) groups is 1. The van der Waals surface area contributed by atoms with E-state index in [0.29, 0.717) is 6.54 Å². The van der Waals surface area contributed by atoms with Crippen molar-refractivity contribution < 1.29 is 4.79 Å². The third-order valence-electron chi connectivity index (χ3n) is 4.94. The molecule has 25 heavy (non-hydrogen) atoms. The van der Waals surface area contributed by atoms with Gasteiger partial charge < -0.3 is 16.0 Å². The van der Waals surface area contributed by atoms with E-state index >= 15 is 0 Å². The summed E-state index contributed by atoms with van der Waals surface area (Å²) in [4.78, 5) is 17.1. The number of hydrogen-bond donors (Lipinski definition) is 2. The van der Waals surface area contributed by atoms with Gasteiger partial charge in [-0.25, -0.2) is 0 Å². The van der Waals surface area contributed by atoms with Gasteiger partial charge in [0.1, 0.15) is 0 Å². The van der Waals surface area contributed by atoms with E-state index in [2.05, 4.69) is 52.4 Å². The Morgan fingerprint density at radius 3 is 2.44 bits per heavy atom. The Kier molecular flexibility index (Phi) is 7.88. The van der Waals surface area contributed by atoms with E-state index in [4.69, 9.17) is 5.73 Å². The van der Waals surface area contributed by atoms with E-state index in [1.807, 2.05) is 6.92 Å². The molecule has 1 amide bonds. The van der Waals surface area contributed by atoms with Crippen molar-refractivity contribution in [3.05, 3.63) is 35.9 Å². The van der Waals surface area contributed by atoms with Gasteiger partial charge in [-0.15, -0.1) is 0 Å². The molecule has 3 N–H and O–H groups in total. The Labute approximate surface area is 152 Å². The molecule has 0 spiro atoms. The molecule has 0 saturated carbocycles. The second-order valence-electron chi connectivity index (χ2n) is 7.38. The van der Waals surface area contributed by atoms with Gasteiger partial charge in [-0.05, 0) is 31.9 Å². The molecule has 1 aliphatic rings. The number of piperazine rings is 1. The molecule has 1 unspecified atom stereocenters. The number of nitrogens with one attached hydrogen (secondary N) is 1. The Balaban J connectivity index is 1.59. The first-order chi connectivity index (χ1) is 12.0. The van der Waals surface area contributed by atoms with Crippen LogP contribution >= 0.6 is 0 Å². The minimum atomic E-state index is -0.738. The highest BCUT2D eigenvalue weighted by molar-refractivity contribution is 5.85. The van der Waals surface area contributed by atoms with Gasteiger partial charge in [0, 0.05) is 39.3 Å². The summed E-state index contributed by atoms with van der Waals surface area (Å²) >= 11 is 0. The zero-order valence-corrected chi connectivity index (χ0v) is 15.8. The molecule has 0 aromatic heterocycles. The largest absolute Gasteiger partial charge is 0.354 e. The third-order valence-corrected chi connectivity index (χ3v) is 4.94. The average Bonchev–Trinajstić information content (AvgIpc) is 2.61. The van der Waals surface area contributed by atoms with Gasteiger partial charge in [-0.1, -0.05) is 43.7 Å². The molecule has 2 rings (SSSR count). The lowest BCUT2D eigenvalue weighted by atomic mass is 9.96. The Bertz CT molecular complexity index is 510. The summed E-state index contributed by atoms with van der Waals surface area (Å²) in [5, 5.41) is 2.99. The molecule has 5 nitrogen and oxygen atoms in total. The van der Waals surface area contributed by atoms with Gasteiger partial charge in [-0.2, -0.15) is 0 Å². The molecule has 5 heteroatoms. The quantitative estimate of drug-likeness (QED) is 0.670. The number of rotatable bonds is 9. The zero-order valence-electron chi connectivity index (χ0n) is 15.8. The summed E-state index contributed by atoms with van der Waals surface area (Å²) < 4.78 is 0. The summed E-state index contributed by atoms with van der Waals surface area (Å²) in [5.41, 5.74) is 6.69. The lowest BCUT2D eigenvalue weighted by Crippen LogP contribution is -2.52. The van der Waals surface area contributed by atoms with Gasteiger partial charge in [-0.3, -0.25) is 9.69 Å². The predicted molar refractivity (Wildman–Crippen MR) is 103 cm³/mol. The van der Waals surface area contributed by atoms with Crippen molar-refractivity contribution in [2.75, 3.05) is 39.3 Å². The maximum Gasteiger partial charge on any atom is 0.239 e. The van der Waals surface area contributed by atoms with Gasteiger partial charge in [0.2, 0.25) is 5.91 Å². The molecule has 0 radical (unpaired) electrons. The molecule has 1 atom stereocenters. The van der Waals surface area contributed by atoms with Crippen LogP contribution in [0.2, 0.25) is 0 Å². The highest BCUT2D eigenvalue weighted by Crippen LogP contribution is 2.09. The number of benzene rings is 1. The summed E-state index contributed by atoms with van der Waals surface area (Å²) in [6.07, 6.45) is 2.63. The fourth-order valence-electron chi connectivity index (χ4n) is 3.35. The summed E-state index contributed by atoms with van der Waals surface area (Å²) in [6.45, 7) is 11.1. The number of amides is 1. The number of hydrogen-bond acceptors (Lipinski definition) is 4. The lowest BCUT2D eigenvalue weighted by Gasteiger charge is -2.34. The van der Waals surface area contributed by atoms with Crippen LogP contribution in [0, 0.1) is 0 Å². The molecule has 1 aromatic rings. The highest BCUT2D eigenvalue weighted by Gasteiger charge is 2.26. The normalized spacial score (nSPS) is 18.7. The van der Waals surface area contributed by atoms with Crippen LogP contribution in [0.1, 0.15) is 38.7 Å². The minimum Gasteiger partial charge on any atom is -0.354 e. The first-order valence-electron chi connectivity index (χ1n) is 9.57. The van der Waals surface area contributed by atoms with Crippen LogP contribution in [0.4, 0.5) is 0 Å². The van der Waals surface area contributed by atoms with Crippen molar-refractivity contribution in [2.45, 2.75) is 45.2 Å². The number of nitrogens with two attached hydrogens (primary N) is 1. The van der Waals surface area contributed by atoms with Gasteiger partial charge in [0.25, 0.3) is 0 Å². The van der Waals surface area contributed by atoms with Crippen molar-refractivity contribution >= 4 is 5.91 Å². The molecule has 1 heterocycles. The van der Waals surface area contributed by atoms with E-state index in [0.717, 1.165) is 58.5 Å². The van der Waals surface area contributed by atoms with Crippen molar-refractivity contribution in [1.29, 1.82) is 0 Å². The minimum absolute atomic E-state index is 0.0259. The molecular formula is C20H34N4O. The van der Waals surface area contributed by atoms with E-state index in [-0.39, 0.29) is 5.91 Å². The van der Waals surface area contributed by atoms with Crippen molar-refractivity contribution in [1.82, 2.24) is 15.1 Å². The SMILES string of the molecule is CCCC(C)(N)C(=O)NCCCN1CCN(Cc2ccccc2)CC1. The Hall–Kier alpha value is -1.43. The zero-order chi connectivity index (χ0) is 18.1. The standard InChI is InChI=1S/C20H34N4O/c1-3-10-20(2,21)19(25)22-11-7-12-23-13-15-24(16-14-23)17-18-8-5-4-6-9-18/h4-6,8-9H,3,7,10-17,21H2,1-2H3,(H,22,25). The van der Waals surface area contributed by atoms with Crippen molar-refractivity contribution in [3.8, 4) is 0 Å². The fraction of sp³-hybridized carbons (Fsp3) is 0.650. The second-order valence-corrected chi connectivity index (χ2v) is 7.38. The van der Waals surface area contributed by atoms with Crippen molar-refractivity contribution in [2.24, 2.45) is 5.73 Å². The molecule has 140 valence electrons. The van der Waals surface area contributed by atoms with E-state index in [1.165, 1.54) is 5.56 Å². The molecule has 1 fully saturated rings. The second kappa shape index (κ2) is 9.90. The maximum atomic E-state index is 12.1. The van der Waals surface area contributed by atoms with Crippen LogP contribution in [0.3, 0.4) is 0 Å². The Morgan fingerprint density at radius 1 is 1.16 bits per heavy atom. The maximum absolute atomic E-state index is 12.1. The summed E-state index contributed by atoms with van der Waals surface area (Å²) in [6, 6.07) is 10.7. The number of nitrogens with zero attached hydrogens (tertiary/aromatic N) is 2. The van der Waals surface area contributed by atoms with Crippen LogP contribution in [0.15, 0.2) is 30.3 Å². The number of carbonyl (C=O) groups excluding carboxylic acids is 1. The van der Waals surface area contributed by atoms with Gasteiger partial charge in [0.15, 0.2) is 0 Å². The first-order valence-corrected chi connectivity index (χ1v) is 9.57. The molecule has 1 aliphatic heterocycles. The molecule has 1 saturated heterocycles. The fourth-order valence-corrected chi connectivity index (χ4v) is 3.35. The lowest BCUT2D eigenvalue weighted by molar-refractivity contribution is -0.126. The van der Waals surface area contributed by atoms with E-state index in [1.54, 1.807) is 0 Å². The van der Waals surface area contributed by atoms with Crippen LogP contribution in [-0.2, 0) is 11.3 Å². The molecule has 0 bridgehead atoms. The van der Waals surface area contributed by atoms with E-state index in [9.17, 15) is 4.79 Å². The van der Waals surface area contributed by atoms with Crippen LogP contribution < -0.4 is 11.1 Å². The van der Waals surface area contributed by atoms with E-state index < -0.39 is 5.54 Å². The highest BCUT2D eigenvalue weighted by atomic mass is 16.2. The average molecular weight is 347 g/mol. The topological polar surface area (TPSA) is 61.6 Å². The molecule has 1 aromatic carbocycles. The van der Waals surface area contributed by atoms with Crippen LogP contribution in [0.25, 0.3) is 0 Å². The Morgan fingerprint density at radius 2 is 1.80 bits per heavy atom. The monoisotopic (exact) mass is 346 g/mol. The van der Waals surface area contributed by atoms with Crippen molar-refractivity contribution in [3.63, 3.8) is 0 Å². The molecule has 0 aliphatic carbocycles. The predicted octanol–water partition coefficient (Wildman–Crippen LogP) is 1.83.